The molecule has 0 spiro atoms. The first kappa shape index (κ1) is 19.0. The minimum atomic E-state index is -0.980. The van der Waals surface area contributed by atoms with Crippen LogP contribution >= 0.6 is 11.3 Å². The molecule has 7 nitrogen and oxygen atoms in total. The lowest BCUT2D eigenvalue weighted by Crippen LogP contribution is -2.23. The molecule has 8 heteroatoms. The number of carboxylic acids is 1. The van der Waals surface area contributed by atoms with Crippen molar-refractivity contribution in [2.75, 3.05) is 0 Å². The summed E-state index contributed by atoms with van der Waals surface area (Å²) in [7, 11) is 0. The zero-order chi connectivity index (χ0) is 21.4. The van der Waals surface area contributed by atoms with Gasteiger partial charge in [0.15, 0.2) is 5.82 Å². The van der Waals surface area contributed by atoms with Gasteiger partial charge in [0, 0.05) is 18.1 Å². The Balaban J connectivity index is 1.42. The maximum Gasteiger partial charge on any atom is 0.335 e. The van der Waals surface area contributed by atoms with Crippen LogP contribution in [0.15, 0.2) is 75.9 Å². The molecular weight excluding hydrogens is 414 g/mol. The van der Waals surface area contributed by atoms with Crippen LogP contribution < -0.4 is 10.1 Å². The minimum absolute atomic E-state index is 0.208. The van der Waals surface area contributed by atoms with Crippen molar-refractivity contribution in [3.8, 4) is 11.3 Å². The van der Waals surface area contributed by atoms with Crippen molar-refractivity contribution in [3.63, 3.8) is 0 Å². The molecule has 2 aromatic carbocycles. The summed E-state index contributed by atoms with van der Waals surface area (Å²) >= 11 is 1.26. The van der Waals surface area contributed by atoms with E-state index < -0.39 is 5.97 Å². The second-order valence-electron chi connectivity index (χ2n) is 6.89. The fourth-order valence-electron chi connectivity index (χ4n) is 3.22. The number of furan rings is 1. The van der Waals surface area contributed by atoms with E-state index in [1.165, 1.54) is 28.0 Å². The fraction of sp³-hybridized carbons (Fsp3) is 0.0435. The highest BCUT2D eigenvalue weighted by atomic mass is 32.1. The Morgan fingerprint density at radius 3 is 2.55 bits per heavy atom. The van der Waals surface area contributed by atoms with Crippen LogP contribution in [0.3, 0.4) is 0 Å². The predicted octanol–water partition coefficient (Wildman–Crippen LogP) is 3.25. The highest BCUT2D eigenvalue weighted by Gasteiger charge is 2.12. The molecule has 5 rings (SSSR count). The van der Waals surface area contributed by atoms with Crippen molar-refractivity contribution in [1.82, 2.24) is 14.6 Å². The first-order valence-corrected chi connectivity index (χ1v) is 10.3. The molecule has 0 bridgehead atoms. The van der Waals surface area contributed by atoms with Crippen LogP contribution in [0.25, 0.3) is 22.4 Å². The second-order valence-corrected chi connectivity index (χ2v) is 7.89. The normalized spacial score (nSPS) is 11.9. The molecule has 0 aliphatic rings. The molecule has 3 aromatic heterocycles. The van der Waals surface area contributed by atoms with Gasteiger partial charge in [0.05, 0.1) is 5.56 Å². The quantitative estimate of drug-likeness (QED) is 0.461. The summed E-state index contributed by atoms with van der Waals surface area (Å²) in [5.41, 5.74) is 1.80. The van der Waals surface area contributed by atoms with Gasteiger partial charge in [-0.2, -0.15) is 4.52 Å². The molecule has 3 heterocycles. The fourth-order valence-corrected chi connectivity index (χ4v) is 4.13. The van der Waals surface area contributed by atoms with E-state index in [2.05, 4.69) is 10.1 Å². The summed E-state index contributed by atoms with van der Waals surface area (Å²) in [5.74, 6) is 0.723. The molecule has 0 amide bonds. The SMILES string of the molecule is O=C(O)c1ccc(-c2ccc(C=c3sc4nc(Cc5ccccc5)nn4c3=O)o2)cc1. The summed E-state index contributed by atoms with van der Waals surface area (Å²) in [6.07, 6.45) is 2.23. The molecular formula is C23H15N3O4S. The summed E-state index contributed by atoms with van der Waals surface area (Å²) in [4.78, 5) is 28.7. The Kier molecular flexibility index (Phi) is 4.68. The number of aromatic carboxylic acids is 1. The number of hydrogen-bond acceptors (Lipinski definition) is 6. The van der Waals surface area contributed by atoms with Crippen molar-refractivity contribution in [1.29, 1.82) is 0 Å². The molecule has 0 aliphatic heterocycles. The molecule has 5 aromatic rings. The molecule has 1 N–H and O–H groups in total. The van der Waals surface area contributed by atoms with Gasteiger partial charge >= 0.3 is 5.97 Å². The highest BCUT2D eigenvalue weighted by molar-refractivity contribution is 7.15. The van der Waals surface area contributed by atoms with Crippen molar-refractivity contribution >= 4 is 28.3 Å². The van der Waals surface area contributed by atoms with E-state index in [1.807, 2.05) is 30.3 Å². The topological polar surface area (TPSA) is 97.7 Å². The van der Waals surface area contributed by atoms with Crippen molar-refractivity contribution in [3.05, 3.63) is 104 Å². The van der Waals surface area contributed by atoms with Crippen molar-refractivity contribution in [2.45, 2.75) is 6.42 Å². The van der Waals surface area contributed by atoms with E-state index in [-0.39, 0.29) is 11.1 Å². The van der Waals surface area contributed by atoms with Crippen LogP contribution in [-0.2, 0) is 6.42 Å². The molecule has 0 atom stereocenters. The highest BCUT2D eigenvalue weighted by Crippen LogP contribution is 2.23. The van der Waals surface area contributed by atoms with E-state index in [0.717, 1.165) is 11.1 Å². The average molecular weight is 429 g/mol. The number of carboxylic acid groups (broad SMARTS) is 1. The minimum Gasteiger partial charge on any atom is -0.478 e. The maximum absolute atomic E-state index is 12.7. The van der Waals surface area contributed by atoms with Crippen molar-refractivity contribution < 1.29 is 14.3 Å². The second kappa shape index (κ2) is 7.66. The van der Waals surface area contributed by atoms with Gasteiger partial charge in [0.2, 0.25) is 4.96 Å². The Hall–Kier alpha value is -4.04. The number of nitrogens with zero attached hydrogens (tertiary/aromatic N) is 3. The number of hydrogen-bond donors (Lipinski definition) is 1. The molecule has 31 heavy (non-hydrogen) atoms. The molecule has 0 unspecified atom stereocenters. The number of carbonyl (C=O) groups is 1. The Morgan fingerprint density at radius 2 is 1.84 bits per heavy atom. The molecule has 0 radical (unpaired) electrons. The number of benzene rings is 2. The van der Waals surface area contributed by atoms with Crippen LogP contribution in [0.4, 0.5) is 0 Å². The maximum atomic E-state index is 12.7. The van der Waals surface area contributed by atoms with E-state index >= 15 is 0 Å². The number of rotatable bonds is 5. The van der Waals surface area contributed by atoms with Gasteiger partial charge < -0.3 is 9.52 Å². The molecule has 0 saturated carbocycles. The van der Waals surface area contributed by atoms with E-state index in [9.17, 15) is 9.59 Å². The third-order valence-corrected chi connectivity index (χ3v) is 5.71. The van der Waals surface area contributed by atoms with E-state index in [0.29, 0.717) is 33.3 Å². The Morgan fingerprint density at radius 1 is 1.06 bits per heavy atom. The number of fused-ring (bicyclic) bond motifs is 1. The van der Waals surface area contributed by atoms with Gasteiger partial charge in [0.25, 0.3) is 5.56 Å². The smallest absolute Gasteiger partial charge is 0.335 e. The predicted molar refractivity (Wildman–Crippen MR) is 116 cm³/mol. The summed E-state index contributed by atoms with van der Waals surface area (Å²) < 4.78 is 7.62. The van der Waals surface area contributed by atoms with E-state index in [1.54, 1.807) is 30.3 Å². The third kappa shape index (κ3) is 3.76. The lowest BCUT2D eigenvalue weighted by Gasteiger charge is -1.98. The zero-order valence-corrected chi connectivity index (χ0v) is 16.9. The summed E-state index contributed by atoms with van der Waals surface area (Å²) in [6.45, 7) is 0. The van der Waals surface area contributed by atoms with Gasteiger partial charge in [-0.1, -0.05) is 53.8 Å². The van der Waals surface area contributed by atoms with Gasteiger partial charge in [0.1, 0.15) is 16.1 Å². The largest absolute Gasteiger partial charge is 0.478 e. The molecule has 0 fully saturated rings. The Bertz CT molecular complexity index is 1500. The number of aromatic nitrogens is 3. The number of thiazole rings is 1. The van der Waals surface area contributed by atoms with E-state index in [4.69, 9.17) is 9.52 Å². The lowest BCUT2D eigenvalue weighted by molar-refractivity contribution is 0.0697. The van der Waals surface area contributed by atoms with Crippen LogP contribution in [0.1, 0.15) is 27.5 Å². The molecule has 0 saturated heterocycles. The van der Waals surface area contributed by atoms with Crippen LogP contribution in [-0.4, -0.2) is 25.7 Å². The summed E-state index contributed by atoms with van der Waals surface area (Å²) in [6, 6.07) is 19.8. The molecule has 0 aliphatic carbocycles. The summed E-state index contributed by atoms with van der Waals surface area (Å²) in [5, 5.41) is 13.4. The van der Waals surface area contributed by atoms with Gasteiger partial charge in [-0.25, -0.2) is 9.78 Å². The van der Waals surface area contributed by atoms with Gasteiger partial charge in [-0.3, -0.25) is 4.79 Å². The standard InChI is InChI=1S/C23H15N3O4S/c27-21-19(31-23-24-20(25-26(21)23)12-14-4-2-1-3-5-14)13-17-10-11-18(30-17)15-6-8-16(9-7-15)22(28)29/h1-11,13H,12H2,(H,28,29). The lowest BCUT2D eigenvalue weighted by atomic mass is 10.1. The first-order chi connectivity index (χ1) is 15.1. The van der Waals surface area contributed by atoms with Crippen molar-refractivity contribution in [2.24, 2.45) is 0 Å². The van der Waals surface area contributed by atoms with Crippen LogP contribution in [0.2, 0.25) is 0 Å². The van der Waals surface area contributed by atoms with Crippen LogP contribution in [0, 0.1) is 0 Å². The first-order valence-electron chi connectivity index (χ1n) is 9.44. The van der Waals surface area contributed by atoms with Crippen LogP contribution in [0.5, 0.6) is 0 Å². The Labute approximate surface area is 179 Å². The third-order valence-electron chi connectivity index (χ3n) is 4.75. The monoisotopic (exact) mass is 429 g/mol. The van der Waals surface area contributed by atoms with Gasteiger partial charge in [-0.15, -0.1) is 5.10 Å². The zero-order valence-electron chi connectivity index (χ0n) is 16.1. The van der Waals surface area contributed by atoms with Gasteiger partial charge in [-0.05, 0) is 29.8 Å². The molecule has 152 valence electrons. The average Bonchev–Trinajstić information content (AvgIpc) is 3.47.